The molecule has 2 N–H and O–H groups in total. The monoisotopic (exact) mass is 432 g/mol. The zero-order valence-corrected chi connectivity index (χ0v) is 17.6. The minimum Gasteiger partial charge on any atom is -0.495 e. The van der Waals surface area contributed by atoms with Crippen LogP contribution in [0.15, 0.2) is 47.6 Å². The number of aromatic nitrogens is 1. The van der Waals surface area contributed by atoms with E-state index in [2.05, 4.69) is 15.6 Å². The minimum atomic E-state index is -3.61. The van der Waals surface area contributed by atoms with Gasteiger partial charge in [-0.05, 0) is 43.2 Å². The number of rotatable bonds is 6. The number of anilines is 2. The molecule has 0 spiro atoms. The van der Waals surface area contributed by atoms with Crippen molar-refractivity contribution < 1.29 is 22.7 Å². The highest BCUT2D eigenvalue weighted by molar-refractivity contribution is 7.89. The van der Waals surface area contributed by atoms with Crippen LogP contribution in [0.3, 0.4) is 0 Å². The molecule has 0 bridgehead atoms. The lowest BCUT2D eigenvalue weighted by molar-refractivity contribution is -0.121. The van der Waals surface area contributed by atoms with Crippen molar-refractivity contribution in [3.63, 3.8) is 0 Å². The van der Waals surface area contributed by atoms with Gasteiger partial charge in [0.25, 0.3) is 0 Å². The van der Waals surface area contributed by atoms with Gasteiger partial charge in [-0.3, -0.25) is 14.6 Å². The molecule has 0 atom stereocenters. The van der Waals surface area contributed by atoms with Crippen LogP contribution in [-0.4, -0.2) is 49.7 Å². The van der Waals surface area contributed by atoms with Crippen LogP contribution in [0.1, 0.15) is 19.8 Å². The second kappa shape index (κ2) is 9.23. The number of nitrogens with one attached hydrogen (secondary N) is 2. The molecule has 1 fully saturated rings. The second-order valence-corrected chi connectivity index (χ2v) is 8.89. The van der Waals surface area contributed by atoms with Crippen molar-refractivity contribution in [1.82, 2.24) is 9.29 Å². The Hall–Kier alpha value is -2.98. The van der Waals surface area contributed by atoms with Crippen LogP contribution in [0.25, 0.3) is 0 Å². The third-order valence-electron chi connectivity index (χ3n) is 4.87. The van der Waals surface area contributed by atoms with Crippen molar-refractivity contribution in [2.24, 2.45) is 5.92 Å². The first kappa shape index (κ1) is 21.7. The number of hydrogen-bond donors (Lipinski definition) is 2. The van der Waals surface area contributed by atoms with E-state index in [9.17, 15) is 18.0 Å². The standard InChI is InChI=1S/C20H24N4O5S/c1-14(25)22-18-12-16(5-6-19(18)29-2)23-20(26)15-7-10-24(11-8-15)30(27,28)17-4-3-9-21-13-17/h3-6,9,12-13,15H,7-8,10-11H2,1-2H3,(H,22,25)(H,23,26). The molecule has 30 heavy (non-hydrogen) atoms. The van der Waals surface area contributed by atoms with Gasteiger partial charge in [0.2, 0.25) is 21.8 Å². The van der Waals surface area contributed by atoms with Crippen molar-refractivity contribution in [2.75, 3.05) is 30.8 Å². The molecule has 1 aromatic carbocycles. The lowest BCUT2D eigenvalue weighted by Gasteiger charge is -2.30. The molecule has 2 aromatic rings. The first-order valence-electron chi connectivity index (χ1n) is 9.48. The Labute approximate surface area is 175 Å². The molecule has 9 nitrogen and oxygen atoms in total. The number of carbonyl (C=O) groups is 2. The van der Waals surface area contributed by atoms with E-state index in [1.54, 1.807) is 24.3 Å². The summed E-state index contributed by atoms with van der Waals surface area (Å²) in [4.78, 5) is 28.1. The summed E-state index contributed by atoms with van der Waals surface area (Å²) in [6.45, 7) is 1.90. The third-order valence-corrected chi connectivity index (χ3v) is 6.76. The fraction of sp³-hybridized carbons (Fsp3) is 0.350. The third kappa shape index (κ3) is 4.95. The van der Waals surface area contributed by atoms with Crippen molar-refractivity contribution in [3.8, 4) is 5.75 Å². The zero-order chi connectivity index (χ0) is 21.7. The highest BCUT2D eigenvalue weighted by Crippen LogP contribution is 2.29. The summed E-state index contributed by atoms with van der Waals surface area (Å²) in [6, 6.07) is 8.06. The number of benzene rings is 1. The number of amides is 2. The number of nitrogens with zero attached hydrogens (tertiary/aromatic N) is 2. The molecule has 1 aliphatic rings. The molecule has 3 rings (SSSR count). The number of sulfonamides is 1. The molecule has 2 heterocycles. The average molecular weight is 433 g/mol. The van der Waals surface area contributed by atoms with E-state index in [0.29, 0.717) is 30.0 Å². The van der Waals surface area contributed by atoms with Crippen LogP contribution in [0.2, 0.25) is 0 Å². The molecule has 2 amide bonds. The molecule has 1 aromatic heterocycles. The molecule has 0 saturated carbocycles. The van der Waals surface area contributed by atoms with Crippen LogP contribution in [-0.2, 0) is 19.6 Å². The smallest absolute Gasteiger partial charge is 0.244 e. The van der Waals surface area contributed by atoms with E-state index in [4.69, 9.17) is 4.74 Å². The topological polar surface area (TPSA) is 118 Å². The lowest BCUT2D eigenvalue weighted by Crippen LogP contribution is -2.41. The summed E-state index contributed by atoms with van der Waals surface area (Å²) in [6.07, 6.45) is 3.68. The van der Waals surface area contributed by atoms with E-state index in [1.807, 2.05) is 0 Å². The molecule has 0 unspecified atom stereocenters. The average Bonchev–Trinajstić information content (AvgIpc) is 2.74. The number of pyridine rings is 1. The van der Waals surface area contributed by atoms with E-state index in [0.717, 1.165) is 0 Å². The first-order chi connectivity index (χ1) is 14.3. The fourth-order valence-electron chi connectivity index (χ4n) is 3.32. The summed E-state index contributed by atoms with van der Waals surface area (Å²) < 4.78 is 32.0. The Bertz CT molecular complexity index is 1020. The van der Waals surface area contributed by atoms with Gasteiger partial charge in [-0.25, -0.2) is 8.42 Å². The van der Waals surface area contributed by atoms with E-state index in [1.165, 1.54) is 36.8 Å². The van der Waals surface area contributed by atoms with E-state index in [-0.39, 0.29) is 35.7 Å². The van der Waals surface area contributed by atoms with Gasteiger partial charge in [-0.15, -0.1) is 0 Å². The van der Waals surface area contributed by atoms with Gasteiger partial charge in [-0.1, -0.05) is 0 Å². The predicted molar refractivity (Wildman–Crippen MR) is 112 cm³/mol. The largest absolute Gasteiger partial charge is 0.495 e. The lowest BCUT2D eigenvalue weighted by atomic mass is 9.97. The number of carbonyl (C=O) groups excluding carboxylic acids is 2. The fourth-order valence-corrected chi connectivity index (χ4v) is 4.76. The Morgan fingerprint density at radius 1 is 1.17 bits per heavy atom. The zero-order valence-electron chi connectivity index (χ0n) is 16.8. The number of piperidine rings is 1. The minimum absolute atomic E-state index is 0.150. The number of methoxy groups -OCH3 is 1. The van der Waals surface area contributed by atoms with Gasteiger partial charge >= 0.3 is 0 Å². The van der Waals surface area contributed by atoms with Crippen LogP contribution < -0.4 is 15.4 Å². The quantitative estimate of drug-likeness (QED) is 0.722. The van der Waals surface area contributed by atoms with Crippen molar-refractivity contribution in [1.29, 1.82) is 0 Å². The molecule has 160 valence electrons. The molecule has 1 saturated heterocycles. The molecule has 0 aliphatic carbocycles. The summed E-state index contributed by atoms with van der Waals surface area (Å²) >= 11 is 0. The summed E-state index contributed by atoms with van der Waals surface area (Å²) in [5.74, 6) is -0.264. The summed E-state index contributed by atoms with van der Waals surface area (Å²) in [5, 5.41) is 5.50. The second-order valence-electron chi connectivity index (χ2n) is 6.95. The van der Waals surface area contributed by atoms with Crippen molar-refractivity contribution in [2.45, 2.75) is 24.7 Å². The summed E-state index contributed by atoms with van der Waals surface area (Å²) in [5.41, 5.74) is 0.982. The molecular weight excluding hydrogens is 408 g/mol. The highest BCUT2D eigenvalue weighted by atomic mass is 32.2. The Morgan fingerprint density at radius 2 is 1.90 bits per heavy atom. The maximum absolute atomic E-state index is 12.7. The molecule has 1 aliphatic heterocycles. The van der Waals surface area contributed by atoms with Gasteiger partial charge < -0.3 is 15.4 Å². The maximum Gasteiger partial charge on any atom is 0.244 e. The van der Waals surface area contributed by atoms with Crippen LogP contribution in [0, 0.1) is 5.92 Å². The molecule has 0 radical (unpaired) electrons. The van der Waals surface area contributed by atoms with Gasteiger partial charge in [0.1, 0.15) is 10.6 Å². The van der Waals surface area contributed by atoms with Crippen LogP contribution in [0.5, 0.6) is 5.75 Å². The van der Waals surface area contributed by atoms with Crippen LogP contribution in [0.4, 0.5) is 11.4 Å². The van der Waals surface area contributed by atoms with E-state index >= 15 is 0 Å². The number of ether oxygens (including phenoxy) is 1. The SMILES string of the molecule is COc1ccc(NC(=O)C2CCN(S(=O)(=O)c3cccnc3)CC2)cc1NC(C)=O. The van der Waals surface area contributed by atoms with Crippen molar-refractivity contribution >= 4 is 33.2 Å². The number of hydrogen-bond acceptors (Lipinski definition) is 6. The summed E-state index contributed by atoms with van der Waals surface area (Å²) in [7, 11) is -2.12. The maximum atomic E-state index is 12.7. The van der Waals surface area contributed by atoms with Crippen LogP contribution >= 0.6 is 0 Å². The normalized spacial score (nSPS) is 15.4. The molecule has 10 heteroatoms. The van der Waals surface area contributed by atoms with E-state index < -0.39 is 10.0 Å². The van der Waals surface area contributed by atoms with Gasteiger partial charge in [0, 0.05) is 44.0 Å². The highest BCUT2D eigenvalue weighted by Gasteiger charge is 2.32. The van der Waals surface area contributed by atoms with Gasteiger partial charge in [0.15, 0.2) is 0 Å². The predicted octanol–water partition coefficient (Wildman–Crippen LogP) is 2.09. The Balaban J connectivity index is 1.63. The molecular formula is C20H24N4O5S. The Kier molecular flexibility index (Phi) is 6.68. The van der Waals surface area contributed by atoms with Gasteiger partial charge in [-0.2, -0.15) is 4.31 Å². The van der Waals surface area contributed by atoms with Gasteiger partial charge in [0.05, 0.1) is 12.8 Å². The first-order valence-corrected chi connectivity index (χ1v) is 10.9. The Morgan fingerprint density at radius 3 is 2.50 bits per heavy atom. The van der Waals surface area contributed by atoms with Crippen molar-refractivity contribution in [3.05, 3.63) is 42.7 Å².